The molecule has 0 spiro atoms. The van der Waals surface area contributed by atoms with Crippen LogP contribution in [0.5, 0.6) is 0 Å². The summed E-state index contributed by atoms with van der Waals surface area (Å²) in [6.07, 6.45) is 7.26. The van der Waals surface area contributed by atoms with Gasteiger partial charge in [-0.2, -0.15) is 5.26 Å². The highest BCUT2D eigenvalue weighted by molar-refractivity contribution is 6.30. The van der Waals surface area contributed by atoms with Gasteiger partial charge in [0.1, 0.15) is 19.5 Å². The van der Waals surface area contributed by atoms with Crippen molar-refractivity contribution in [3.8, 4) is 6.07 Å². The van der Waals surface area contributed by atoms with E-state index >= 15 is 0 Å². The molecule has 1 aliphatic carbocycles. The normalized spacial score (nSPS) is 16.3. The van der Waals surface area contributed by atoms with Gasteiger partial charge in [0.05, 0.1) is 11.7 Å². The van der Waals surface area contributed by atoms with Crippen LogP contribution in [0.25, 0.3) is 6.08 Å². The molecule has 2 aromatic rings. The van der Waals surface area contributed by atoms with E-state index in [-0.39, 0.29) is 17.5 Å². The van der Waals surface area contributed by atoms with Crippen LogP contribution in [0.2, 0.25) is 0 Å². The fourth-order valence-electron chi connectivity index (χ4n) is 3.67. The molecule has 0 aliphatic heterocycles. The molecular weight excluding hydrogens is 333 g/mol. The Hall–Kier alpha value is -2.87. The SMILES string of the molecule is [B]c1cccc(/C=C(\C#N)C(=O)N[C@H](c2ccccc2)C2CCCCC2)n1. The third-order valence-electron chi connectivity index (χ3n) is 5.02. The lowest BCUT2D eigenvalue weighted by Crippen LogP contribution is -2.35. The molecule has 1 aromatic carbocycles. The van der Waals surface area contributed by atoms with E-state index in [0.29, 0.717) is 17.2 Å². The number of nitrogens with one attached hydrogen (secondary N) is 1. The van der Waals surface area contributed by atoms with Gasteiger partial charge in [-0.05, 0) is 42.1 Å². The Morgan fingerprint density at radius 3 is 2.56 bits per heavy atom. The highest BCUT2D eigenvalue weighted by Gasteiger charge is 2.27. The van der Waals surface area contributed by atoms with Crippen molar-refractivity contribution in [2.24, 2.45) is 5.92 Å². The molecule has 1 amide bonds. The molecule has 3 rings (SSSR count). The first-order chi connectivity index (χ1) is 13.2. The van der Waals surface area contributed by atoms with Crippen LogP contribution in [-0.4, -0.2) is 18.7 Å². The van der Waals surface area contributed by atoms with Gasteiger partial charge in [0, 0.05) is 0 Å². The number of aromatic nitrogens is 1. The van der Waals surface area contributed by atoms with Gasteiger partial charge in [-0.25, -0.2) is 0 Å². The molecule has 0 saturated heterocycles. The number of nitrogens with zero attached hydrogens (tertiary/aromatic N) is 2. The van der Waals surface area contributed by atoms with Crippen LogP contribution in [-0.2, 0) is 4.79 Å². The van der Waals surface area contributed by atoms with Crippen LogP contribution in [0.4, 0.5) is 0 Å². The Labute approximate surface area is 161 Å². The van der Waals surface area contributed by atoms with Crippen LogP contribution < -0.4 is 10.9 Å². The van der Waals surface area contributed by atoms with E-state index in [9.17, 15) is 10.1 Å². The maximum atomic E-state index is 12.8. The van der Waals surface area contributed by atoms with E-state index in [1.54, 1.807) is 18.2 Å². The third-order valence-corrected chi connectivity index (χ3v) is 5.02. The molecule has 1 N–H and O–H groups in total. The summed E-state index contributed by atoms with van der Waals surface area (Å²) in [4.78, 5) is 17.0. The average Bonchev–Trinajstić information content (AvgIpc) is 2.71. The first kappa shape index (κ1) is 18.9. The van der Waals surface area contributed by atoms with Crippen molar-refractivity contribution >= 4 is 25.4 Å². The molecule has 0 unspecified atom stereocenters. The van der Waals surface area contributed by atoms with Gasteiger partial charge in [0.25, 0.3) is 5.91 Å². The van der Waals surface area contributed by atoms with Gasteiger partial charge in [-0.1, -0.05) is 61.7 Å². The number of nitriles is 1. The number of pyridine rings is 1. The summed E-state index contributed by atoms with van der Waals surface area (Å²) in [5.41, 5.74) is 1.96. The molecule has 134 valence electrons. The summed E-state index contributed by atoms with van der Waals surface area (Å²) in [5, 5.41) is 12.6. The lowest BCUT2D eigenvalue weighted by molar-refractivity contribution is -0.118. The van der Waals surface area contributed by atoms with Gasteiger partial charge < -0.3 is 5.32 Å². The Morgan fingerprint density at radius 2 is 1.89 bits per heavy atom. The topological polar surface area (TPSA) is 65.8 Å². The van der Waals surface area contributed by atoms with Gasteiger partial charge in [0.2, 0.25) is 0 Å². The van der Waals surface area contributed by atoms with Crippen LogP contribution in [0.15, 0.2) is 54.1 Å². The highest BCUT2D eigenvalue weighted by Crippen LogP contribution is 2.34. The summed E-state index contributed by atoms with van der Waals surface area (Å²) in [7, 11) is 5.68. The highest BCUT2D eigenvalue weighted by atomic mass is 16.1. The maximum Gasteiger partial charge on any atom is 0.262 e. The summed E-state index contributed by atoms with van der Waals surface area (Å²) in [6, 6.07) is 17.0. The van der Waals surface area contributed by atoms with Gasteiger partial charge in [-0.3, -0.25) is 9.78 Å². The first-order valence-corrected chi connectivity index (χ1v) is 9.37. The number of carbonyl (C=O) groups is 1. The predicted octanol–water partition coefficient (Wildman–Crippen LogP) is 3.22. The summed E-state index contributed by atoms with van der Waals surface area (Å²) >= 11 is 0. The number of carbonyl (C=O) groups excluding carboxylic acids is 1. The zero-order valence-electron chi connectivity index (χ0n) is 15.3. The molecule has 1 atom stereocenters. The molecule has 1 aliphatic rings. The molecule has 2 radical (unpaired) electrons. The van der Waals surface area contributed by atoms with Crippen molar-refractivity contribution < 1.29 is 4.79 Å². The second-order valence-corrected chi connectivity index (χ2v) is 6.92. The molecule has 5 heteroatoms. The number of hydrogen-bond donors (Lipinski definition) is 1. The van der Waals surface area contributed by atoms with Crippen molar-refractivity contribution in [2.45, 2.75) is 38.1 Å². The van der Waals surface area contributed by atoms with Crippen LogP contribution in [0.3, 0.4) is 0 Å². The molecule has 4 nitrogen and oxygen atoms in total. The van der Waals surface area contributed by atoms with Crippen molar-refractivity contribution in [1.29, 1.82) is 5.26 Å². The molecule has 1 saturated carbocycles. The quantitative estimate of drug-likeness (QED) is 0.509. The predicted molar refractivity (Wildman–Crippen MR) is 107 cm³/mol. The summed E-state index contributed by atoms with van der Waals surface area (Å²) < 4.78 is 0. The maximum absolute atomic E-state index is 12.8. The first-order valence-electron chi connectivity index (χ1n) is 9.37. The zero-order chi connectivity index (χ0) is 19.1. The monoisotopic (exact) mass is 355 g/mol. The van der Waals surface area contributed by atoms with E-state index in [1.807, 2.05) is 36.4 Å². The zero-order valence-corrected chi connectivity index (χ0v) is 15.3. The molecule has 1 aromatic heterocycles. The Balaban J connectivity index is 1.83. The molecule has 0 bridgehead atoms. The summed E-state index contributed by atoms with van der Waals surface area (Å²) in [6.45, 7) is 0. The third kappa shape index (κ3) is 5.07. The van der Waals surface area contributed by atoms with E-state index in [1.165, 1.54) is 25.3 Å². The van der Waals surface area contributed by atoms with Gasteiger partial charge in [-0.15, -0.1) is 0 Å². The van der Waals surface area contributed by atoms with E-state index in [2.05, 4.69) is 10.3 Å². The van der Waals surface area contributed by atoms with E-state index in [4.69, 9.17) is 7.85 Å². The minimum atomic E-state index is -0.374. The Bertz CT molecular complexity index is 851. The number of hydrogen-bond acceptors (Lipinski definition) is 3. The molecule has 27 heavy (non-hydrogen) atoms. The molecule has 1 heterocycles. The fraction of sp³-hybridized carbons (Fsp3) is 0.318. The van der Waals surface area contributed by atoms with Crippen molar-refractivity contribution in [2.75, 3.05) is 0 Å². The lowest BCUT2D eigenvalue weighted by Gasteiger charge is -2.31. The second kappa shape index (κ2) is 9.18. The largest absolute Gasteiger partial charge is 0.344 e. The van der Waals surface area contributed by atoms with Crippen LogP contribution in [0, 0.1) is 17.2 Å². The number of amides is 1. The molecular formula is C22H22BN3O. The van der Waals surface area contributed by atoms with Crippen molar-refractivity contribution in [1.82, 2.24) is 10.3 Å². The van der Waals surface area contributed by atoms with Gasteiger partial charge in [0.15, 0.2) is 0 Å². The van der Waals surface area contributed by atoms with E-state index < -0.39 is 0 Å². The number of benzene rings is 1. The Morgan fingerprint density at radius 1 is 1.15 bits per heavy atom. The van der Waals surface area contributed by atoms with E-state index in [0.717, 1.165) is 18.4 Å². The van der Waals surface area contributed by atoms with Crippen molar-refractivity contribution in [3.63, 3.8) is 0 Å². The molecule has 1 fully saturated rings. The standard InChI is InChI=1S/C22H22BN3O/c23-20-13-7-12-19(25-20)14-18(15-24)22(27)26-21(16-8-3-1-4-9-16)17-10-5-2-6-11-17/h1,3-4,7-9,12-14,17,21H,2,5-6,10-11H2,(H,26,27)/b18-14+/t21-/m1/s1. The minimum Gasteiger partial charge on any atom is -0.344 e. The minimum absolute atomic E-state index is 0.0323. The number of rotatable bonds is 5. The van der Waals surface area contributed by atoms with Crippen molar-refractivity contribution in [3.05, 3.63) is 65.4 Å². The van der Waals surface area contributed by atoms with Crippen LogP contribution in [0.1, 0.15) is 49.4 Å². The Kier molecular flexibility index (Phi) is 6.43. The summed E-state index contributed by atoms with van der Waals surface area (Å²) in [5.74, 6) is 0.0108. The van der Waals surface area contributed by atoms with Gasteiger partial charge >= 0.3 is 0 Å². The fourth-order valence-corrected chi connectivity index (χ4v) is 3.67. The second-order valence-electron chi connectivity index (χ2n) is 6.92. The average molecular weight is 355 g/mol. The smallest absolute Gasteiger partial charge is 0.262 e. The van der Waals surface area contributed by atoms with Crippen LogP contribution >= 0.6 is 0 Å². The lowest BCUT2D eigenvalue weighted by atomic mass is 9.81.